The van der Waals surface area contributed by atoms with Crippen LogP contribution in [-0.2, 0) is 48.8 Å². The molecule has 0 radical (unpaired) electrons. The zero-order chi connectivity index (χ0) is 56.0. The van der Waals surface area contributed by atoms with Crippen molar-refractivity contribution >= 4 is 37.9 Å². The van der Waals surface area contributed by atoms with E-state index in [9.17, 15) is 31.2 Å². The van der Waals surface area contributed by atoms with E-state index in [0.717, 1.165) is 92.6 Å². The lowest BCUT2D eigenvalue weighted by atomic mass is 9.83. The number of methoxy groups -OCH3 is 4. The first-order valence-corrected chi connectivity index (χ1v) is 29.4. The zero-order valence-electron chi connectivity index (χ0n) is 44.9. The van der Waals surface area contributed by atoms with E-state index in [1.54, 1.807) is 91.5 Å². The fraction of sp³-hybridized carbons (Fsp3) is 0.431. The number of hydrogen-bond donors (Lipinski definition) is 3. The Morgan fingerprint density at radius 2 is 0.835 bits per heavy atom. The topological polar surface area (TPSA) is 235 Å². The van der Waals surface area contributed by atoms with Crippen molar-refractivity contribution in [3.05, 3.63) is 137 Å². The van der Waals surface area contributed by atoms with Crippen molar-refractivity contribution in [3.63, 3.8) is 0 Å². The van der Waals surface area contributed by atoms with Crippen molar-refractivity contribution in [1.82, 2.24) is 19.4 Å². The number of fused-ring (bicyclic) bond motifs is 3. The van der Waals surface area contributed by atoms with Crippen molar-refractivity contribution in [2.45, 2.75) is 104 Å². The first-order valence-electron chi connectivity index (χ1n) is 26.5. The van der Waals surface area contributed by atoms with Gasteiger partial charge in [0, 0.05) is 57.4 Å². The molecular weight excluding hydrogens is 1060 g/mol. The molecule has 3 spiro atoms. The third kappa shape index (κ3) is 12.5. The highest BCUT2D eigenvalue weighted by Gasteiger charge is 2.44. The number of esters is 2. The van der Waals surface area contributed by atoms with Gasteiger partial charge in [-0.3, -0.25) is 10.0 Å². The van der Waals surface area contributed by atoms with E-state index in [-0.39, 0.29) is 32.9 Å². The average molecular weight is 1130 g/mol. The maximum Gasteiger partial charge on any atom is 0.337 e. The molecule has 21 heteroatoms. The Hall–Kier alpha value is -6.75. The van der Waals surface area contributed by atoms with E-state index >= 15 is 0 Å². The van der Waals surface area contributed by atoms with E-state index in [2.05, 4.69) is 5.32 Å². The molecule has 422 valence electrons. The van der Waals surface area contributed by atoms with E-state index < -0.39 is 31.6 Å². The molecule has 3 saturated heterocycles. The Bertz CT molecular complexity index is 3070. The van der Waals surface area contributed by atoms with Gasteiger partial charge in [0.2, 0.25) is 20.0 Å². The molecule has 1 amide bonds. The van der Waals surface area contributed by atoms with Crippen molar-refractivity contribution in [2.24, 2.45) is 0 Å². The molecule has 3 N–H and O–H groups in total. The fourth-order valence-electron chi connectivity index (χ4n) is 11.3. The molecule has 6 heterocycles. The SMILES string of the molecule is COC(=O)c1ccc2c(c1)CCC1(CCN(S(=O)(=O)c3ccc(OC)cc3)CC1)O2.COC(=O)c1ccc2c(c1)CCC1(CCNCC1)O2.COc1ccc(S(=O)(=O)N2CCC3(CCc4cc(C(=O)NO)ccc4O3)CC2)cc1. The number of nitrogens with zero attached hydrogens (tertiary/aromatic N) is 2. The number of rotatable bonds is 9. The zero-order valence-corrected chi connectivity index (χ0v) is 46.5. The summed E-state index contributed by atoms with van der Waals surface area (Å²) in [6, 6.07) is 28.8. The van der Waals surface area contributed by atoms with Crippen molar-refractivity contribution in [2.75, 3.05) is 67.7 Å². The minimum absolute atomic E-state index is 0.00499. The molecule has 3 fully saturated rings. The summed E-state index contributed by atoms with van der Waals surface area (Å²) in [6.45, 7) is 3.63. The van der Waals surface area contributed by atoms with Gasteiger partial charge in [-0.05, 0) is 184 Å². The monoisotopic (exact) mass is 1120 g/mol. The molecule has 19 nitrogen and oxygen atoms in total. The molecule has 6 aliphatic rings. The van der Waals surface area contributed by atoms with E-state index in [1.807, 2.05) is 24.3 Å². The van der Waals surface area contributed by atoms with E-state index in [0.29, 0.717) is 85.8 Å². The van der Waals surface area contributed by atoms with Gasteiger partial charge in [-0.2, -0.15) is 8.61 Å². The Kier molecular flexibility index (Phi) is 17.2. The van der Waals surface area contributed by atoms with Gasteiger partial charge in [0.25, 0.3) is 5.91 Å². The summed E-state index contributed by atoms with van der Waals surface area (Å²) in [4.78, 5) is 35.4. The molecule has 0 atom stereocenters. The molecule has 79 heavy (non-hydrogen) atoms. The molecule has 0 unspecified atom stereocenters. The highest BCUT2D eigenvalue weighted by molar-refractivity contribution is 7.89. The number of ether oxygens (including phenoxy) is 7. The molecule has 0 aliphatic carbocycles. The molecule has 5 aromatic rings. The number of piperidine rings is 3. The summed E-state index contributed by atoms with van der Waals surface area (Å²) in [6.07, 6.45) is 9.63. The quantitative estimate of drug-likeness (QED) is 0.0745. The third-order valence-corrected chi connectivity index (χ3v) is 19.9. The second-order valence-electron chi connectivity index (χ2n) is 20.7. The lowest BCUT2D eigenvalue weighted by Crippen LogP contribution is -2.51. The van der Waals surface area contributed by atoms with Crippen molar-refractivity contribution in [1.29, 1.82) is 0 Å². The highest BCUT2D eigenvalue weighted by atomic mass is 32.2. The Morgan fingerprint density at radius 3 is 1.18 bits per heavy atom. The largest absolute Gasteiger partial charge is 0.497 e. The van der Waals surface area contributed by atoms with Crippen LogP contribution in [0.1, 0.15) is 106 Å². The summed E-state index contributed by atoms with van der Waals surface area (Å²) >= 11 is 0. The second-order valence-corrected chi connectivity index (χ2v) is 24.5. The standard InChI is InChI=1S/C22H25NO6S.C21H24N2O6S.C15H19NO3/c1-27-18-4-6-19(7-5-18)30(25,26)23-13-11-22(12-14-23)10-9-16-15-17(21(24)28-2)3-8-20(16)29-22;1-28-17-3-5-18(6-4-17)30(26,27)23-12-10-21(11-13-23)9-8-15-14-16(20(24)22-25)2-7-19(15)29-21;1-18-14(17)12-2-3-13-11(10-12)4-5-15(19-13)6-8-16-9-7-15/h3-8,15H,9-14H2,1-2H3;2-7,14,25H,8-13H2,1H3,(H,22,24);2-3,10,16H,4-9H2,1H3. The number of benzene rings is 5. The molecule has 6 aliphatic heterocycles. The van der Waals surface area contributed by atoms with Gasteiger partial charge < -0.3 is 38.5 Å². The number of sulfonamides is 2. The van der Waals surface area contributed by atoms with Crippen molar-refractivity contribution in [3.8, 4) is 28.7 Å². The number of amides is 1. The van der Waals surface area contributed by atoms with Gasteiger partial charge in [0.05, 0.1) is 49.4 Å². The molecule has 0 bridgehead atoms. The van der Waals surface area contributed by atoms with Crippen LogP contribution in [0.15, 0.2) is 113 Å². The normalized spacial score (nSPS) is 18.8. The van der Waals surface area contributed by atoms with E-state index in [4.69, 9.17) is 38.4 Å². The van der Waals surface area contributed by atoms with Crippen LogP contribution in [0.25, 0.3) is 0 Å². The van der Waals surface area contributed by atoms with Crippen molar-refractivity contribution < 1.29 is 69.6 Å². The number of hydroxylamine groups is 1. The predicted octanol–water partition coefficient (Wildman–Crippen LogP) is 7.31. The van der Waals surface area contributed by atoms with Crippen LogP contribution in [0.5, 0.6) is 28.7 Å². The second kappa shape index (κ2) is 23.9. The Balaban J connectivity index is 0.000000148. The minimum atomic E-state index is -3.57. The first kappa shape index (κ1) is 57.0. The number of nitrogens with one attached hydrogen (secondary N) is 2. The lowest BCUT2D eigenvalue weighted by molar-refractivity contribution is 0.00143. The van der Waals surface area contributed by atoms with Gasteiger partial charge in [-0.1, -0.05) is 0 Å². The summed E-state index contributed by atoms with van der Waals surface area (Å²) in [5, 5.41) is 12.2. The van der Waals surface area contributed by atoms with Crippen LogP contribution >= 0.6 is 0 Å². The van der Waals surface area contributed by atoms with Gasteiger partial charge in [-0.15, -0.1) is 0 Å². The minimum Gasteiger partial charge on any atom is -0.497 e. The first-order chi connectivity index (χ1) is 38.0. The Labute approximate surface area is 461 Å². The van der Waals surface area contributed by atoms with Crippen LogP contribution in [0.4, 0.5) is 0 Å². The average Bonchev–Trinajstić information content (AvgIpc) is 3.50. The van der Waals surface area contributed by atoms with Crippen LogP contribution in [0.2, 0.25) is 0 Å². The summed E-state index contributed by atoms with van der Waals surface area (Å²) in [5.74, 6) is 2.43. The summed E-state index contributed by atoms with van der Waals surface area (Å²) < 4.78 is 93.6. The number of carbonyl (C=O) groups excluding carboxylic acids is 3. The fourth-order valence-corrected chi connectivity index (χ4v) is 14.1. The van der Waals surface area contributed by atoms with Gasteiger partial charge in [0.15, 0.2) is 0 Å². The van der Waals surface area contributed by atoms with Crippen LogP contribution < -0.4 is 34.5 Å². The highest BCUT2D eigenvalue weighted by Crippen LogP contribution is 2.43. The molecule has 0 aromatic heterocycles. The van der Waals surface area contributed by atoms with E-state index in [1.165, 1.54) is 29.9 Å². The maximum atomic E-state index is 13.0. The Morgan fingerprint density at radius 1 is 0.494 bits per heavy atom. The molecule has 5 aromatic carbocycles. The van der Waals surface area contributed by atoms with Crippen LogP contribution in [-0.4, -0.2) is 133 Å². The lowest BCUT2D eigenvalue weighted by Gasteiger charge is -2.44. The number of aryl methyl sites for hydroxylation is 3. The van der Waals surface area contributed by atoms with Gasteiger partial charge in [-0.25, -0.2) is 31.9 Å². The smallest absolute Gasteiger partial charge is 0.337 e. The van der Waals surface area contributed by atoms with Gasteiger partial charge in [0.1, 0.15) is 45.6 Å². The predicted molar refractivity (Wildman–Crippen MR) is 290 cm³/mol. The summed E-state index contributed by atoms with van der Waals surface area (Å²) in [5.41, 5.74) is 5.36. The third-order valence-electron chi connectivity index (χ3n) is 16.1. The van der Waals surface area contributed by atoms with Crippen LogP contribution in [0.3, 0.4) is 0 Å². The summed E-state index contributed by atoms with van der Waals surface area (Å²) in [7, 11) is -1.26. The number of carbonyl (C=O) groups is 3. The maximum absolute atomic E-state index is 13.0. The molecule has 0 saturated carbocycles. The molecular formula is C58H68N4O15S2. The van der Waals surface area contributed by atoms with Crippen LogP contribution in [0, 0.1) is 0 Å². The van der Waals surface area contributed by atoms with Gasteiger partial charge >= 0.3 is 11.9 Å². The number of hydrogen-bond acceptors (Lipinski definition) is 16. The molecule has 11 rings (SSSR count).